The van der Waals surface area contributed by atoms with Crippen LogP contribution in [0.1, 0.15) is 52.0 Å². The molecule has 1 aliphatic rings. The summed E-state index contributed by atoms with van der Waals surface area (Å²) in [7, 11) is 1.76. The van der Waals surface area contributed by atoms with Gasteiger partial charge >= 0.3 is 6.09 Å². The number of amides is 2. The van der Waals surface area contributed by atoms with Gasteiger partial charge in [-0.3, -0.25) is 14.8 Å². The number of primary amides is 1. The number of pyridine rings is 1. The van der Waals surface area contributed by atoms with Crippen LogP contribution in [0.15, 0.2) is 29.5 Å². The molecule has 2 amide bonds. The van der Waals surface area contributed by atoms with Crippen LogP contribution in [0, 0.1) is 5.92 Å². The van der Waals surface area contributed by atoms with Crippen LogP contribution in [-0.4, -0.2) is 71.6 Å². The van der Waals surface area contributed by atoms with Gasteiger partial charge in [0.2, 0.25) is 5.91 Å². The lowest BCUT2D eigenvalue weighted by Crippen LogP contribution is -2.47. The van der Waals surface area contributed by atoms with Crippen molar-refractivity contribution in [3.05, 3.63) is 30.1 Å². The maximum absolute atomic E-state index is 12.7. The van der Waals surface area contributed by atoms with Gasteiger partial charge in [0.25, 0.3) is 0 Å². The third kappa shape index (κ3) is 11.0. The van der Waals surface area contributed by atoms with E-state index in [1.165, 1.54) is 0 Å². The number of likely N-dealkylation sites (tertiary alicyclic amines) is 1. The number of guanidine groups is 1. The summed E-state index contributed by atoms with van der Waals surface area (Å²) in [6.45, 7) is 8.91. The van der Waals surface area contributed by atoms with Crippen molar-refractivity contribution in [1.82, 2.24) is 20.1 Å². The van der Waals surface area contributed by atoms with Gasteiger partial charge in [-0.25, -0.2) is 4.79 Å². The molecule has 9 nitrogen and oxygen atoms in total. The minimum absolute atomic E-state index is 0. The molecule has 3 N–H and O–H groups in total. The van der Waals surface area contributed by atoms with Gasteiger partial charge in [-0.1, -0.05) is 6.07 Å². The Kier molecular flexibility index (Phi) is 12.5. The maximum atomic E-state index is 12.7. The van der Waals surface area contributed by atoms with E-state index in [1.807, 2.05) is 32.9 Å². The van der Waals surface area contributed by atoms with Gasteiger partial charge in [-0.15, -0.1) is 24.0 Å². The number of halogens is 1. The number of carbonyl (C=O) groups is 2. The van der Waals surface area contributed by atoms with Crippen molar-refractivity contribution in [1.29, 1.82) is 0 Å². The second kappa shape index (κ2) is 14.2. The average Bonchev–Trinajstić information content (AvgIpc) is 2.72. The standard InChI is InChI=1S/C23H38N6O3.HI/c1-23(2,3)32-22(31)29(17-19-8-5-10-26-15-19)13-7-11-27-21(25-4)28-12-6-9-18(16-28)14-20(24)30;/h5,8,10,15,18H,6-7,9,11-14,16-17H2,1-4H3,(H2,24,30)(H,25,27);1H. The normalized spacial score (nSPS) is 16.5. The minimum atomic E-state index is -0.555. The summed E-state index contributed by atoms with van der Waals surface area (Å²) >= 11 is 0. The fraction of sp³-hybridized carbons (Fsp3) is 0.652. The zero-order valence-corrected chi connectivity index (χ0v) is 22.6. The SMILES string of the molecule is CN=C(NCCCN(Cc1cccnc1)C(=O)OC(C)(C)C)N1CCCC(CC(N)=O)C1.I. The molecule has 1 atom stereocenters. The molecule has 1 saturated heterocycles. The van der Waals surface area contributed by atoms with E-state index in [0.717, 1.165) is 43.9 Å². The summed E-state index contributed by atoms with van der Waals surface area (Å²) in [4.78, 5) is 36.4. The van der Waals surface area contributed by atoms with E-state index in [2.05, 4.69) is 20.2 Å². The number of piperidine rings is 1. The Bertz CT molecular complexity index is 769. The highest BCUT2D eigenvalue weighted by atomic mass is 127. The fourth-order valence-electron chi connectivity index (χ4n) is 3.78. The van der Waals surface area contributed by atoms with E-state index in [9.17, 15) is 9.59 Å². The summed E-state index contributed by atoms with van der Waals surface area (Å²) in [5.41, 5.74) is 5.77. The van der Waals surface area contributed by atoms with Crippen molar-refractivity contribution in [3.8, 4) is 0 Å². The van der Waals surface area contributed by atoms with Crippen molar-refractivity contribution in [2.24, 2.45) is 16.6 Å². The van der Waals surface area contributed by atoms with Gasteiger partial charge in [-0.2, -0.15) is 0 Å². The third-order valence-electron chi connectivity index (χ3n) is 5.16. The van der Waals surface area contributed by atoms with Crippen LogP contribution in [0.5, 0.6) is 0 Å². The quantitative estimate of drug-likeness (QED) is 0.214. The van der Waals surface area contributed by atoms with E-state index in [0.29, 0.717) is 26.1 Å². The number of aromatic nitrogens is 1. The first-order valence-corrected chi connectivity index (χ1v) is 11.3. The Hall–Kier alpha value is -2.11. The highest BCUT2D eigenvalue weighted by molar-refractivity contribution is 14.0. The first kappa shape index (κ1) is 28.9. The monoisotopic (exact) mass is 574 g/mol. The number of rotatable bonds is 8. The number of nitrogens with one attached hydrogen (secondary N) is 1. The van der Waals surface area contributed by atoms with Gasteiger partial charge in [0.15, 0.2) is 5.96 Å². The molecule has 1 aromatic heterocycles. The topological polar surface area (TPSA) is 113 Å². The van der Waals surface area contributed by atoms with Gasteiger partial charge in [-0.05, 0) is 57.6 Å². The summed E-state index contributed by atoms with van der Waals surface area (Å²) < 4.78 is 5.59. The number of hydrogen-bond donors (Lipinski definition) is 2. The van der Waals surface area contributed by atoms with Crippen molar-refractivity contribution in [2.45, 2.75) is 58.6 Å². The number of nitrogens with zero attached hydrogens (tertiary/aromatic N) is 4. The predicted octanol–water partition coefficient (Wildman–Crippen LogP) is 2.99. The van der Waals surface area contributed by atoms with Crippen LogP contribution >= 0.6 is 24.0 Å². The molecule has 10 heteroatoms. The van der Waals surface area contributed by atoms with E-state index >= 15 is 0 Å². The van der Waals surface area contributed by atoms with Crippen LogP contribution in [0.3, 0.4) is 0 Å². The van der Waals surface area contributed by atoms with Crippen molar-refractivity contribution < 1.29 is 14.3 Å². The largest absolute Gasteiger partial charge is 0.444 e. The van der Waals surface area contributed by atoms with Crippen LogP contribution in [0.4, 0.5) is 4.79 Å². The molecule has 33 heavy (non-hydrogen) atoms. The first-order valence-electron chi connectivity index (χ1n) is 11.3. The van der Waals surface area contributed by atoms with Gasteiger partial charge in [0, 0.05) is 52.0 Å². The molecule has 2 heterocycles. The van der Waals surface area contributed by atoms with Crippen LogP contribution < -0.4 is 11.1 Å². The molecule has 0 aliphatic carbocycles. The molecule has 0 spiro atoms. The second-order valence-corrected chi connectivity index (χ2v) is 9.22. The number of hydrogen-bond acceptors (Lipinski definition) is 5. The van der Waals surface area contributed by atoms with Crippen LogP contribution in [0.2, 0.25) is 0 Å². The molecule has 186 valence electrons. The Morgan fingerprint density at radius 1 is 1.39 bits per heavy atom. The second-order valence-electron chi connectivity index (χ2n) is 9.22. The third-order valence-corrected chi connectivity index (χ3v) is 5.16. The summed E-state index contributed by atoms with van der Waals surface area (Å²) in [6, 6.07) is 3.81. The van der Waals surface area contributed by atoms with Gasteiger partial charge < -0.3 is 25.6 Å². The lowest BCUT2D eigenvalue weighted by atomic mass is 9.95. The number of nitrogens with two attached hydrogens (primary N) is 1. The highest BCUT2D eigenvalue weighted by Crippen LogP contribution is 2.19. The molecule has 1 aliphatic heterocycles. The fourth-order valence-corrected chi connectivity index (χ4v) is 3.78. The van der Waals surface area contributed by atoms with E-state index in [1.54, 1.807) is 24.3 Å². The molecule has 0 saturated carbocycles. The predicted molar refractivity (Wildman–Crippen MR) is 140 cm³/mol. The molecule has 0 bridgehead atoms. The van der Waals surface area contributed by atoms with Crippen LogP contribution in [-0.2, 0) is 16.1 Å². The zero-order valence-electron chi connectivity index (χ0n) is 20.2. The van der Waals surface area contributed by atoms with Gasteiger partial charge in [0.1, 0.15) is 5.60 Å². The van der Waals surface area contributed by atoms with Crippen molar-refractivity contribution in [2.75, 3.05) is 33.2 Å². The smallest absolute Gasteiger partial charge is 0.410 e. The molecular weight excluding hydrogens is 535 g/mol. The molecule has 1 aromatic rings. The van der Waals surface area contributed by atoms with E-state index < -0.39 is 5.60 Å². The Morgan fingerprint density at radius 2 is 2.15 bits per heavy atom. The van der Waals surface area contributed by atoms with Crippen molar-refractivity contribution >= 4 is 41.9 Å². The Morgan fingerprint density at radius 3 is 2.76 bits per heavy atom. The molecule has 2 rings (SSSR count). The lowest BCUT2D eigenvalue weighted by Gasteiger charge is -2.34. The molecule has 1 unspecified atom stereocenters. The number of carbonyl (C=O) groups excluding carboxylic acids is 2. The Labute approximate surface area is 214 Å². The average molecular weight is 575 g/mol. The maximum Gasteiger partial charge on any atom is 0.410 e. The Balaban J connectivity index is 0.00000544. The lowest BCUT2D eigenvalue weighted by molar-refractivity contribution is -0.119. The summed E-state index contributed by atoms with van der Waals surface area (Å²) in [5.74, 6) is 0.827. The summed E-state index contributed by atoms with van der Waals surface area (Å²) in [6.07, 6.45) is 6.30. The van der Waals surface area contributed by atoms with Crippen LogP contribution in [0.25, 0.3) is 0 Å². The van der Waals surface area contributed by atoms with E-state index in [4.69, 9.17) is 10.5 Å². The zero-order chi connectivity index (χ0) is 23.6. The molecule has 1 fully saturated rings. The summed E-state index contributed by atoms with van der Waals surface area (Å²) in [5, 5.41) is 3.39. The number of aliphatic imine (C=N–C) groups is 1. The first-order chi connectivity index (χ1) is 15.2. The van der Waals surface area contributed by atoms with Crippen molar-refractivity contribution in [3.63, 3.8) is 0 Å². The number of ether oxygens (including phenoxy) is 1. The van der Waals surface area contributed by atoms with E-state index in [-0.39, 0.29) is 41.9 Å². The molecule has 0 aromatic carbocycles. The highest BCUT2D eigenvalue weighted by Gasteiger charge is 2.24. The molecular formula is C23H39IN6O3. The minimum Gasteiger partial charge on any atom is -0.444 e. The van der Waals surface area contributed by atoms with Gasteiger partial charge in [0.05, 0.1) is 6.54 Å². The molecule has 0 radical (unpaired) electrons.